The zero-order valence-corrected chi connectivity index (χ0v) is 8.24. The van der Waals surface area contributed by atoms with Crippen molar-refractivity contribution in [1.29, 1.82) is 0 Å². The van der Waals surface area contributed by atoms with Gasteiger partial charge in [-0.2, -0.15) is 0 Å². The van der Waals surface area contributed by atoms with Gasteiger partial charge in [0.25, 0.3) is 0 Å². The highest BCUT2D eigenvalue weighted by atomic mass is 19.1. The lowest BCUT2D eigenvalue weighted by atomic mass is 10.1. The number of hydrogen-bond donors (Lipinski definition) is 1. The van der Waals surface area contributed by atoms with Crippen LogP contribution in [0.5, 0.6) is 5.75 Å². The van der Waals surface area contributed by atoms with E-state index in [1.807, 2.05) is 13.0 Å². The number of phenols is 1. The monoisotopic (exact) mass is 203 g/mol. The van der Waals surface area contributed by atoms with Crippen molar-refractivity contribution in [2.45, 2.75) is 6.92 Å². The Morgan fingerprint density at radius 2 is 1.93 bits per heavy atom. The van der Waals surface area contributed by atoms with E-state index >= 15 is 0 Å². The van der Waals surface area contributed by atoms with Crippen molar-refractivity contribution in [2.24, 2.45) is 0 Å². The van der Waals surface area contributed by atoms with Gasteiger partial charge < -0.3 is 5.11 Å². The fourth-order valence-electron chi connectivity index (χ4n) is 1.40. The highest BCUT2D eigenvalue weighted by Crippen LogP contribution is 2.24. The number of hydrogen-bond acceptors (Lipinski definition) is 2. The van der Waals surface area contributed by atoms with E-state index in [1.54, 1.807) is 18.5 Å². The van der Waals surface area contributed by atoms with Gasteiger partial charge >= 0.3 is 0 Å². The van der Waals surface area contributed by atoms with Crippen LogP contribution in [0.1, 0.15) is 5.56 Å². The number of benzene rings is 1. The minimum Gasteiger partial charge on any atom is -0.505 e. The summed E-state index contributed by atoms with van der Waals surface area (Å²) >= 11 is 0. The fraction of sp³-hybridized carbons (Fsp3) is 0.0833. The first-order chi connectivity index (χ1) is 7.16. The molecule has 0 aliphatic carbocycles. The van der Waals surface area contributed by atoms with Crippen LogP contribution in [0.3, 0.4) is 0 Å². The van der Waals surface area contributed by atoms with Crippen molar-refractivity contribution in [1.82, 2.24) is 4.98 Å². The van der Waals surface area contributed by atoms with E-state index in [0.717, 1.165) is 11.1 Å². The highest BCUT2D eigenvalue weighted by molar-refractivity contribution is 5.63. The molecule has 1 N–H and O–H groups in total. The maximum atomic E-state index is 13.1. The molecule has 0 fully saturated rings. The summed E-state index contributed by atoms with van der Waals surface area (Å²) in [6, 6.07) is 6.21. The fourth-order valence-corrected chi connectivity index (χ4v) is 1.40. The summed E-state index contributed by atoms with van der Waals surface area (Å²) in [5, 5.41) is 9.05. The van der Waals surface area contributed by atoms with E-state index in [9.17, 15) is 4.39 Å². The smallest absolute Gasteiger partial charge is 0.165 e. The van der Waals surface area contributed by atoms with Crippen LogP contribution in [0.15, 0.2) is 36.7 Å². The predicted octanol–water partition coefficient (Wildman–Crippen LogP) is 2.90. The Bertz CT molecular complexity index is 497. The van der Waals surface area contributed by atoms with Gasteiger partial charge in [-0.05, 0) is 36.2 Å². The number of halogens is 1. The van der Waals surface area contributed by atoms with E-state index in [-0.39, 0.29) is 5.75 Å². The van der Waals surface area contributed by atoms with Gasteiger partial charge in [-0.15, -0.1) is 0 Å². The lowest BCUT2D eigenvalue weighted by Gasteiger charge is -2.03. The van der Waals surface area contributed by atoms with Gasteiger partial charge in [0.15, 0.2) is 11.6 Å². The first-order valence-electron chi connectivity index (χ1n) is 4.57. The minimum absolute atomic E-state index is 0.334. The van der Waals surface area contributed by atoms with Crippen LogP contribution in [-0.4, -0.2) is 10.1 Å². The number of nitrogens with zero attached hydrogens (tertiary/aromatic N) is 1. The van der Waals surface area contributed by atoms with Crippen LogP contribution >= 0.6 is 0 Å². The maximum Gasteiger partial charge on any atom is 0.165 e. The molecular formula is C12H10FNO. The molecule has 1 aromatic heterocycles. The van der Waals surface area contributed by atoms with Crippen molar-refractivity contribution in [3.63, 3.8) is 0 Å². The molecule has 0 saturated carbocycles. The zero-order valence-electron chi connectivity index (χ0n) is 8.24. The third kappa shape index (κ3) is 1.96. The maximum absolute atomic E-state index is 13.1. The SMILES string of the molecule is Cc1cncc(-c2ccc(O)c(F)c2)c1. The summed E-state index contributed by atoms with van der Waals surface area (Å²) in [4.78, 5) is 4.03. The Kier molecular flexibility index (Phi) is 2.37. The van der Waals surface area contributed by atoms with Crippen LogP contribution in [-0.2, 0) is 0 Å². The molecule has 0 atom stereocenters. The molecule has 0 aliphatic heterocycles. The molecule has 0 saturated heterocycles. The van der Waals surface area contributed by atoms with Crippen LogP contribution < -0.4 is 0 Å². The Balaban J connectivity index is 2.50. The second kappa shape index (κ2) is 3.69. The molecule has 1 heterocycles. The highest BCUT2D eigenvalue weighted by Gasteiger charge is 2.03. The normalized spacial score (nSPS) is 10.3. The standard InChI is InChI=1S/C12H10FNO/c1-8-4-10(7-14-6-8)9-2-3-12(15)11(13)5-9/h2-7,15H,1H3. The first kappa shape index (κ1) is 9.65. The van der Waals surface area contributed by atoms with Crippen LogP contribution in [0.25, 0.3) is 11.1 Å². The Labute approximate surface area is 87.0 Å². The number of aryl methyl sites for hydroxylation is 1. The average molecular weight is 203 g/mol. The third-order valence-electron chi connectivity index (χ3n) is 2.16. The summed E-state index contributed by atoms with van der Waals surface area (Å²) in [7, 11) is 0. The number of phenolic OH excluding ortho intramolecular Hbond substituents is 1. The van der Waals surface area contributed by atoms with Crippen molar-refractivity contribution in [2.75, 3.05) is 0 Å². The number of aromatic nitrogens is 1. The molecule has 2 nitrogen and oxygen atoms in total. The minimum atomic E-state index is -0.617. The summed E-state index contributed by atoms with van der Waals surface area (Å²) in [6.45, 7) is 1.92. The lowest BCUT2D eigenvalue weighted by Crippen LogP contribution is -1.84. The molecule has 3 heteroatoms. The number of rotatable bonds is 1. The molecule has 0 spiro atoms. The third-order valence-corrected chi connectivity index (χ3v) is 2.16. The molecule has 76 valence electrons. The lowest BCUT2D eigenvalue weighted by molar-refractivity contribution is 0.432. The Morgan fingerprint density at radius 3 is 2.60 bits per heavy atom. The molecule has 0 unspecified atom stereocenters. The van der Waals surface area contributed by atoms with Gasteiger partial charge in [0.2, 0.25) is 0 Å². The first-order valence-corrected chi connectivity index (χ1v) is 4.57. The van der Waals surface area contributed by atoms with Gasteiger partial charge in [0.05, 0.1) is 0 Å². The van der Waals surface area contributed by atoms with Gasteiger partial charge in [-0.3, -0.25) is 4.98 Å². The van der Waals surface area contributed by atoms with E-state index < -0.39 is 5.82 Å². The summed E-state index contributed by atoms with van der Waals surface area (Å²) in [5.74, 6) is -0.951. The number of aromatic hydroxyl groups is 1. The molecular weight excluding hydrogens is 193 g/mol. The van der Waals surface area contributed by atoms with E-state index in [2.05, 4.69) is 4.98 Å². The van der Waals surface area contributed by atoms with Crippen molar-refractivity contribution >= 4 is 0 Å². The van der Waals surface area contributed by atoms with Crippen LogP contribution in [0, 0.1) is 12.7 Å². The molecule has 0 amide bonds. The topological polar surface area (TPSA) is 33.1 Å². The molecule has 1 aromatic carbocycles. The molecule has 0 radical (unpaired) electrons. The molecule has 15 heavy (non-hydrogen) atoms. The van der Waals surface area contributed by atoms with E-state index in [4.69, 9.17) is 5.11 Å². The van der Waals surface area contributed by atoms with Gasteiger partial charge in [0.1, 0.15) is 0 Å². The number of pyridine rings is 1. The predicted molar refractivity (Wildman–Crippen MR) is 56.0 cm³/mol. The van der Waals surface area contributed by atoms with Gasteiger partial charge in [-0.1, -0.05) is 6.07 Å². The summed E-state index contributed by atoms with van der Waals surface area (Å²) < 4.78 is 13.1. The van der Waals surface area contributed by atoms with Crippen LogP contribution in [0.4, 0.5) is 4.39 Å². The van der Waals surface area contributed by atoms with Crippen LogP contribution in [0.2, 0.25) is 0 Å². The zero-order chi connectivity index (χ0) is 10.8. The quantitative estimate of drug-likeness (QED) is 0.773. The van der Waals surface area contributed by atoms with Crippen molar-refractivity contribution in [3.05, 3.63) is 48.0 Å². The second-order valence-corrected chi connectivity index (χ2v) is 3.42. The largest absolute Gasteiger partial charge is 0.505 e. The Morgan fingerprint density at radius 1 is 1.13 bits per heavy atom. The van der Waals surface area contributed by atoms with Gasteiger partial charge in [0, 0.05) is 18.0 Å². The second-order valence-electron chi connectivity index (χ2n) is 3.42. The summed E-state index contributed by atoms with van der Waals surface area (Å²) in [6.07, 6.45) is 3.40. The van der Waals surface area contributed by atoms with E-state index in [1.165, 1.54) is 12.1 Å². The van der Waals surface area contributed by atoms with Gasteiger partial charge in [-0.25, -0.2) is 4.39 Å². The Hall–Kier alpha value is -1.90. The average Bonchev–Trinajstić information content (AvgIpc) is 2.22. The summed E-state index contributed by atoms with van der Waals surface area (Å²) in [5.41, 5.74) is 2.57. The molecule has 2 rings (SSSR count). The molecule has 0 aliphatic rings. The van der Waals surface area contributed by atoms with Crippen molar-refractivity contribution < 1.29 is 9.50 Å². The molecule has 2 aromatic rings. The molecule has 0 bridgehead atoms. The van der Waals surface area contributed by atoms with E-state index in [0.29, 0.717) is 5.56 Å². The van der Waals surface area contributed by atoms with Crippen molar-refractivity contribution in [3.8, 4) is 16.9 Å².